The molecule has 0 radical (unpaired) electrons. The number of H-pyrrole nitrogens is 1. The molecule has 1 aliphatic rings. The molecule has 3 rings (SSSR count). The molecule has 0 amide bonds. The van der Waals surface area contributed by atoms with E-state index in [0.717, 1.165) is 0 Å². The Hall–Kier alpha value is -0.440. The molecule has 0 bridgehead atoms. The molecule has 31 heavy (non-hydrogen) atoms. The molecule has 2 N–H and O–H groups in total. The molecular weight excluding hydrogens is 445 g/mol. The number of hydrogen-bond donors (Lipinski definition) is 2. The summed E-state index contributed by atoms with van der Waals surface area (Å²) < 4.78 is 27.2. The Kier molecular flexibility index (Phi) is 10.7. The summed E-state index contributed by atoms with van der Waals surface area (Å²) in [5.41, 5.74) is 0.0127. The van der Waals surface area contributed by atoms with E-state index in [2.05, 4.69) is 9.97 Å². The summed E-state index contributed by atoms with van der Waals surface area (Å²) in [6, 6.07) is 3.39. The van der Waals surface area contributed by atoms with Crippen molar-refractivity contribution in [3.05, 3.63) is 28.2 Å². The van der Waals surface area contributed by atoms with Crippen molar-refractivity contribution in [1.29, 1.82) is 5.26 Å². The number of methoxy groups -OCH3 is 1. The fourth-order valence-corrected chi connectivity index (χ4v) is 4.07. The third kappa shape index (κ3) is 6.55. The summed E-state index contributed by atoms with van der Waals surface area (Å²) in [4.78, 5) is 30.7. The van der Waals surface area contributed by atoms with Crippen LogP contribution in [0.15, 0.2) is 17.1 Å². The molecule has 1 aliphatic heterocycles. The van der Waals surface area contributed by atoms with Crippen molar-refractivity contribution in [3.8, 4) is 11.9 Å². The molecule has 1 unspecified atom stereocenters. The average molecular weight is 470 g/mol. The molecule has 3 heterocycles. The van der Waals surface area contributed by atoms with Gasteiger partial charge in [0.1, 0.15) is 11.6 Å². The molecule has 1 fully saturated rings. The van der Waals surface area contributed by atoms with E-state index in [1.165, 1.54) is 12.3 Å². The molecule has 0 aliphatic carbocycles. The topological polar surface area (TPSA) is 138 Å². The summed E-state index contributed by atoms with van der Waals surface area (Å²) in [5.74, 6) is -0.146. The van der Waals surface area contributed by atoms with E-state index in [1.54, 1.807) is 14.0 Å². The Morgan fingerprint density at radius 3 is 2.58 bits per heavy atom. The number of phosphoric ester groups is 1. The van der Waals surface area contributed by atoms with Gasteiger partial charge in [-0.15, -0.1) is 0 Å². The number of pyridine rings is 2. The van der Waals surface area contributed by atoms with Crippen LogP contribution in [0.1, 0.15) is 32.3 Å². The van der Waals surface area contributed by atoms with Gasteiger partial charge < -0.3 is 19.1 Å². The van der Waals surface area contributed by atoms with Gasteiger partial charge in [-0.3, -0.25) is 14.2 Å². The van der Waals surface area contributed by atoms with E-state index in [4.69, 9.17) is 13.8 Å². The first kappa shape index (κ1) is 28.6. The van der Waals surface area contributed by atoms with Gasteiger partial charge in [-0.05, 0) is 26.7 Å². The van der Waals surface area contributed by atoms with Crippen molar-refractivity contribution in [1.82, 2.24) is 9.97 Å². The number of nitrogens with one attached hydrogen (secondary N) is 1. The SMILES string of the molecule is CCOP(=O)(O)Oc1cc2c(N3CCC(C)(OC)CC3)c(C#N)c(=O)[nH]c2cn1.[NaH].[NaH]. The van der Waals surface area contributed by atoms with Gasteiger partial charge in [-0.1, -0.05) is 0 Å². The van der Waals surface area contributed by atoms with Crippen LogP contribution >= 0.6 is 7.82 Å². The van der Waals surface area contributed by atoms with Crippen molar-refractivity contribution < 1.29 is 23.2 Å². The van der Waals surface area contributed by atoms with E-state index in [1.807, 2.05) is 17.9 Å². The first-order valence-electron chi connectivity index (χ1n) is 9.15. The van der Waals surface area contributed by atoms with Crippen molar-refractivity contribution >= 4 is 83.5 Å². The first-order valence-corrected chi connectivity index (χ1v) is 10.6. The Balaban J connectivity index is 0.00000240. The van der Waals surface area contributed by atoms with Crippen molar-refractivity contribution in [2.75, 3.05) is 31.7 Å². The van der Waals surface area contributed by atoms with Gasteiger partial charge in [0.05, 0.1) is 29.6 Å². The minimum atomic E-state index is -4.32. The average Bonchev–Trinajstić information content (AvgIpc) is 2.67. The molecule has 0 spiro atoms. The number of nitriles is 1. The maximum atomic E-state index is 12.4. The zero-order valence-corrected chi connectivity index (χ0v) is 17.4. The number of aromatic amines is 1. The van der Waals surface area contributed by atoms with Gasteiger partial charge in [0.2, 0.25) is 5.88 Å². The predicted molar refractivity (Wildman–Crippen MR) is 120 cm³/mol. The second kappa shape index (κ2) is 11.6. The molecule has 2 aromatic heterocycles. The Bertz CT molecular complexity index is 1070. The van der Waals surface area contributed by atoms with Crippen molar-refractivity contribution in [2.45, 2.75) is 32.3 Å². The van der Waals surface area contributed by atoms with Crippen LogP contribution in [0.4, 0.5) is 5.69 Å². The number of fused-ring (bicyclic) bond motifs is 1. The molecule has 160 valence electrons. The number of ether oxygens (including phenoxy) is 1. The minimum absolute atomic E-state index is 0. The van der Waals surface area contributed by atoms with Crippen LogP contribution in [0, 0.1) is 11.3 Å². The van der Waals surface area contributed by atoms with E-state index in [9.17, 15) is 19.5 Å². The number of nitrogens with zero attached hydrogens (tertiary/aromatic N) is 3. The van der Waals surface area contributed by atoms with Gasteiger partial charge in [0.25, 0.3) is 5.56 Å². The fourth-order valence-electron chi connectivity index (χ4n) is 3.36. The zero-order chi connectivity index (χ0) is 21.2. The summed E-state index contributed by atoms with van der Waals surface area (Å²) in [5, 5.41) is 10.1. The molecule has 13 heteroatoms. The summed E-state index contributed by atoms with van der Waals surface area (Å²) in [6.45, 7) is 4.73. The Morgan fingerprint density at radius 1 is 1.39 bits per heavy atom. The normalized spacial score (nSPS) is 17.1. The Labute approximate surface area is 224 Å². The quantitative estimate of drug-likeness (QED) is 0.468. The fraction of sp³-hybridized carbons (Fsp3) is 0.500. The van der Waals surface area contributed by atoms with Gasteiger partial charge >= 0.3 is 66.9 Å². The molecule has 0 saturated carbocycles. The summed E-state index contributed by atoms with van der Waals surface area (Å²) >= 11 is 0. The van der Waals surface area contributed by atoms with Gasteiger partial charge in [-0.2, -0.15) is 5.26 Å². The number of phosphoric acid groups is 1. The van der Waals surface area contributed by atoms with Crippen LogP contribution in [0.25, 0.3) is 10.9 Å². The summed E-state index contributed by atoms with van der Waals surface area (Å²) in [6.07, 6.45) is 2.76. The molecule has 0 aromatic carbocycles. The van der Waals surface area contributed by atoms with E-state index < -0.39 is 13.4 Å². The second-order valence-corrected chi connectivity index (χ2v) is 8.35. The molecule has 1 saturated heterocycles. The van der Waals surface area contributed by atoms with Crippen LogP contribution in [0.3, 0.4) is 0 Å². The van der Waals surface area contributed by atoms with Crippen LogP contribution in [0.2, 0.25) is 0 Å². The van der Waals surface area contributed by atoms with E-state index in [-0.39, 0.29) is 82.8 Å². The third-order valence-electron chi connectivity index (χ3n) is 5.09. The van der Waals surface area contributed by atoms with Crippen molar-refractivity contribution in [3.63, 3.8) is 0 Å². The molecular formula is C18H25N4Na2O6P. The predicted octanol–water partition coefficient (Wildman–Crippen LogP) is 1.02. The number of aromatic nitrogens is 2. The second-order valence-electron chi connectivity index (χ2n) is 6.98. The summed E-state index contributed by atoms with van der Waals surface area (Å²) in [7, 11) is -2.65. The molecule has 2 aromatic rings. The first-order chi connectivity index (χ1) is 13.7. The molecule has 10 nitrogen and oxygen atoms in total. The number of anilines is 1. The van der Waals surface area contributed by atoms with Crippen LogP contribution in [0.5, 0.6) is 5.88 Å². The third-order valence-corrected chi connectivity index (χ3v) is 6.09. The van der Waals surface area contributed by atoms with Crippen LogP contribution in [-0.2, 0) is 13.8 Å². The maximum absolute atomic E-state index is 12.4. The number of piperidine rings is 1. The van der Waals surface area contributed by atoms with E-state index in [0.29, 0.717) is 42.5 Å². The number of hydrogen-bond acceptors (Lipinski definition) is 8. The van der Waals surface area contributed by atoms with Crippen molar-refractivity contribution in [2.24, 2.45) is 0 Å². The Morgan fingerprint density at radius 2 is 2.03 bits per heavy atom. The zero-order valence-electron chi connectivity index (χ0n) is 16.5. The standard InChI is InChI=1S/C18H23N4O6P.2Na.2H/c1-4-27-29(24,25)28-15-9-12-14(11-20-15)21-17(23)13(10-19)16(12)22-7-5-18(2,26-3)6-8-22;;;;/h9,11H,4-8H2,1-3H3,(H,21,23)(H,24,25);;;;. The van der Waals surface area contributed by atoms with Crippen LogP contribution in [-0.4, -0.2) is 106 Å². The van der Waals surface area contributed by atoms with Crippen LogP contribution < -0.4 is 15.0 Å². The molecule has 1 atom stereocenters. The number of rotatable bonds is 6. The monoisotopic (exact) mass is 470 g/mol. The van der Waals surface area contributed by atoms with Gasteiger partial charge in [-0.25, -0.2) is 9.55 Å². The van der Waals surface area contributed by atoms with Gasteiger partial charge in [0.15, 0.2) is 0 Å². The van der Waals surface area contributed by atoms with E-state index >= 15 is 0 Å². The van der Waals surface area contributed by atoms with Gasteiger partial charge in [0, 0.05) is 31.7 Å².